The van der Waals surface area contributed by atoms with Crippen LogP contribution in [0.3, 0.4) is 0 Å². The van der Waals surface area contributed by atoms with E-state index in [1.54, 1.807) is 0 Å². The van der Waals surface area contributed by atoms with Crippen molar-refractivity contribution < 1.29 is 33.4 Å². The van der Waals surface area contributed by atoms with E-state index in [1.807, 2.05) is 0 Å². The van der Waals surface area contributed by atoms with Crippen molar-refractivity contribution in [1.29, 1.82) is 0 Å². The highest BCUT2D eigenvalue weighted by atomic mass is 16.6. The minimum Gasteiger partial charge on any atom is -0.458 e. The number of rotatable bonds is 15. The van der Waals surface area contributed by atoms with Crippen LogP contribution in [0.15, 0.2) is 0 Å². The van der Waals surface area contributed by atoms with Crippen molar-refractivity contribution in [2.45, 2.75) is 12.8 Å². The molecule has 10 nitrogen and oxygen atoms in total. The van der Waals surface area contributed by atoms with Crippen molar-refractivity contribution in [2.24, 2.45) is 5.90 Å². The van der Waals surface area contributed by atoms with Crippen molar-refractivity contribution in [2.75, 3.05) is 46.3 Å². The highest BCUT2D eigenvalue weighted by Crippen LogP contribution is 1.90. The maximum absolute atomic E-state index is 11.1. The Balaban J connectivity index is 3.19. The maximum Gasteiger partial charge on any atom is 0.293 e. The van der Waals surface area contributed by atoms with Crippen LogP contribution in [0.5, 0.6) is 0 Å². The SMILES string of the molecule is NOCNC(=O)CCCOCCOCCNC(=O)COC=O. The third-order valence-corrected chi connectivity index (χ3v) is 2.27. The monoisotopic (exact) mass is 321 g/mol. The molecule has 0 aromatic rings. The van der Waals surface area contributed by atoms with Crippen LogP contribution >= 0.6 is 0 Å². The van der Waals surface area contributed by atoms with Gasteiger partial charge in [-0.3, -0.25) is 19.2 Å². The van der Waals surface area contributed by atoms with Gasteiger partial charge in [0.2, 0.25) is 5.91 Å². The van der Waals surface area contributed by atoms with E-state index in [2.05, 4.69) is 20.2 Å². The molecule has 0 aliphatic carbocycles. The second-order valence-electron chi connectivity index (χ2n) is 4.00. The Morgan fingerprint density at radius 3 is 2.41 bits per heavy atom. The number of amides is 2. The number of ether oxygens (including phenoxy) is 3. The lowest BCUT2D eigenvalue weighted by Gasteiger charge is -2.07. The molecule has 0 unspecified atom stereocenters. The summed E-state index contributed by atoms with van der Waals surface area (Å²) in [6.07, 6.45) is 0.919. The minimum atomic E-state index is -0.384. The van der Waals surface area contributed by atoms with Crippen LogP contribution in [0.25, 0.3) is 0 Å². The topological polar surface area (TPSA) is 138 Å². The number of hydrogen-bond acceptors (Lipinski definition) is 8. The lowest BCUT2D eigenvalue weighted by atomic mass is 10.3. The van der Waals surface area contributed by atoms with E-state index in [4.69, 9.17) is 15.4 Å². The molecule has 2 amide bonds. The fourth-order valence-corrected chi connectivity index (χ4v) is 1.29. The van der Waals surface area contributed by atoms with Crippen LogP contribution in [-0.4, -0.2) is 64.6 Å². The molecule has 0 aromatic heterocycles. The van der Waals surface area contributed by atoms with Gasteiger partial charge in [-0.05, 0) is 6.42 Å². The molecule has 0 rings (SSSR count). The van der Waals surface area contributed by atoms with Gasteiger partial charge in [0.15, 0.2) is 6.61 Å². The van der Waals surface area contributed by atoms with Gasteiger partial charge in [0.25, 0.3) is 12.4 Å². The number of carbonyl (C=O) groups is 3. The first kappa shape index (κ1) is 20.2. The lowest BCUT2D eigenvalue weighted by molar-refractivity contribution is -0.137. The Kier molecular flexibility index (Phi) is 14.4. The smallest absolute Gasteiger partial charge is 0.293 e. The average Bonchev–Trinajstić information content (AvgIpc) is 2.52. The Morgan fingerprint density at radius 1 is 1.00 bits per heavy atom. The predicted molar refractivity (Wildman–Crippen MR) is 74.2 cm³/mol. The zero-order valence-electron chi connectivity index (χ0n) is 12.4. The molecule has 0 saturated heterocycles. The van der Waals surface area contributed by atoms with E-state index >= 15 is 0 Å². The van der Waals surface area contributed by atoms with E-state index in [0.717, 1.165) is 0 Å². The van der Waals surface area contributed by atoms with Crippen molar-refractivity contribution >= 4 is 18.3 Å². The summed E-state index contributed by atoms with van der Waals surface area (Å²) in [5.41, 5.74) is 0. The second kappa shape index (κ2) is 15.6. The summed E-state index contributed by atoms with van der Waals surface area (Å²) in [5, 5.41) is 4.96. The fraction of sp³-hybridized carbons (Fsp3) is 0.750. The zero-order chi connectivity index (χ0) is 16.5. The molecule has 0 aromatic carbocycles. The number of nitrogens with one attached hydrogen (secondary N) is 2. The normalized spacial score (nSPS) is 10.0. The van der Waals surface area contributed by atoms with Gasteiger partial charge in [0, 0.05) is 19.6 Å². The number of nitrogens with two attached hydrogens (primary N) is 1. The number of hydrogen-bond donors (Lipinski definition) is 3. The van der Waals surface area contributed by atoms with Crippen molar-refractivity contribution in [3.63, 3.8) is 0 Å². The Hall–Kier alpha value is -1.75. The lowest BCUT2D eigenvalue weighted by Crippen LogP contribution is -2.30. The molecule has 0 saturated carbocycles. The fourth-order valence-electron chi connectivity index (χ4n) is 1.29. The minimum absolute atomic E-state index is 0.00859. The van der Waals surface area contributed by atoms with Gasteiger partial charge in [-0.25, -0.2) is 5.90 Å². The van der Waals surface area contributed by atoms with E-state index in [-0.39, 0.29) is 31.6 Å². The van der Waals surface area contributed by atoms with Crippen LogP contribution < -0.4 is 16.5 Å². The summed E-state index contributed by atoms with van der Waals surface area (Å²) < 4.78 is 14.7. The van der Waals surface area contributed by atoms with Crippen LogP contribution in [0, 0.1) is 0 Å². The summed E-state index contributed by atoms with van der Waals surface area (Å²) in [7, 11) is 0. The van der Waals surface area contributed by atoms with Gasteiger partial charge in [-0.1, -0.05) is 0 Å². The molecule has 0 spiro atoms. The molecular formula is C12H23N3O7. The zero-order valence-corrected chi connectivity index (χ0v) is 12.4. The van der Waals surface area contributed by atoms with E-state index < -0.39 is 0 Å². The van der Waals surface area contributed by atoms with Gasteiger partial charge in [0.1, 0.15) is 6.73 Å². The molecule has 10 heteroatoms. The van der Waals surface area contributed by atoms with Gasteiger partial charge >= 0.3 is 0 Å². The van der Waals surface area contributed by atoms with Gasteiger partial charge in [0.05, 0.1) is 19.8 Å². The molecule has 0 bridgehead atoms. The first-order valence-electron chi connectivity index (χ1n) is 6.76. The maximum atomic E-state index is 11.1. The van der Waals surface area contributed by atoms with Gasteiger partial charge < -0.3 is 24.8 Å². The molecule has 22 heavy (non-hydrogen) atoms. The first-order chi connectivity index (χ1) is 10.7. The molecule has 0 heterocycles. The second-order valence-corrected chi connectivity index (χ2v) is 4.00. The third-order valence-electron chi connectivity index (χ3n) is 2.27. The standard InChI is InChI=1S/C12H23N3O7/c13-22-9-15-11(17)2-1-4-19-6-7-20-5-3-14-12(18)8-21-10-16/h10H,1-9,13H2,(H,14,18)(H,15,17). The first-order valence-corrected chi connectivity index (χ1v) is 6.76. The molecule has 0 radical (unpaired) electrons. The van der Waals surface area contributed by atoms with Crippen LogP contribution in [0.2, 0.25) is 0 Å². The molecule has 0 atom stereocenters. The van der Waals surface area contributed by atoms with Crippen LogP contribution in [0.4, 0.5) is 0 Å². The summed E-state index contributed by atoms with van der Waals surface area (Å²) in [6, 6.07) is 0. The molecule has 0 aliphatic rings. The molecule has 0 fully saturated rings. The Labute approximate surface area is 128 Å². The highest BCUT2D eigenvalue weighted by molar-refractivity contribution is 5.78. The van der Waals surface area contributed by atoms with E-state index in [0.29, 0.717) is 45.8 Å². The van der Waals surface area contributed by atoms with Crippen molar-refractivity contribution in [3.05, 3.63) is 0 Å². The highest BCUT2D eigenvalue weighted by Gasteiger charge is 2.01. The Morgan fingerprint density at radius 2 is 1.73 bits per heavy atom. The van der Waals surface area contributed by atoms with Crippen molar-refractivity contribution in [3.8, 4) is 0 Å². The van der Waals surface area contributed by atoms with Gasteiger partial charge in [-0.15, -0.1) is 0 Å². The van der Waals surface area contributed by atoms with Crippen molar-refractivity contribution in [1.82, 2.24) is 10.6 Å². The third kappa shape index (κ3) is 14.7. The summed E-state index contributed by atoms with van der Waals surface area (Å²) in [6.45, 7) is 1.79. The van der Waals surface area contributed by atoms with Crippen LogP contribution in [0.1, 0.15) is 12.8 Å². The van der Waals surface area contributed by atoms with Crippen LogP contribution in [-0.2, 0) is 33.4 Å². The molecule has 128 valence electrons. The summed E-state index contributed by atoms with van der Waals surface area (Å²) in [5.74, 6) is 4.23. The summed E-state index contributed by atoms with van der Waals surface area (Å²) in [4.78, 5) is 36.2. The van der Waals surface area contributed by atoms with E-state index in [1.165, 1.54) is 0 Å². The predicted octanol–water partition coefficient (Wildman–Crippen LogP) is -1.95. The number of carbonyl (C=O) groups excluding carboxylic acids is 3. The quantitative estimate of drug-likeness (QED) is 0.137. The summed E-state index contributed by atoms with van der Waals surface area (Å²) >= 11 is 0. The molecule has 0 aliphatic heterocycles. The Bertz CT molecular complexity index is 315. The van der Waals surface area contributed by atoms with Gasteiger partial charge in [-0.2, -0.15) is 0 Å². The molecule has 4 N–H and O–H groups in total. The average molecular weight is 321 g/mol. The van der Waals surface area contributed by atoms with E-state index in [9.17, 15) is 14.4 Å². The molecular weight excluding hydrogens is 298 g/mol. The largest absolute Gasteiger partial charge is 0.458 e.